The van der Waals surface area contributed by atoms with Crippen LogP contribution >= 0.6 is 38.6 Å². The van der Waals surface area contributed by atoms with Gasteiger partial charge in [-0.1, -0.05) is 54.6 Å². The molecule has 0 aliphatic heterocycles. The van der Waals surface area contributed by atoms with E-state index in [4.69, 9.17) is 5.73 Å². The predicted octanol–water partition coefficient (Wildman–Crippen LogP) is 9.07. The number of nitrogens with one attached hydrogen (secondary N) is 1. The SMILES string of the molecule is Brc1cc2ccccc2s1.NC1=CC=C[C+]=C1.c1ccc(Nc2cc3ccccc3s2)cc1. The Hall–Kier alpha value is -3.21. The number of fused-ring (bicyclic) bond motifs is 2. The molecule has 0 amide bonds. The summed E-state index contributed by atoms with van der Waals surface area (Å²) in [6.45, 7) is 0. The molecular weight excluding hydrogens is 508 g/mol. The first-order chi connectivity index (χ1) is 16.2. The second-order valence-corrected chi connectivity index (χ2v) is 10.6. The largest absolute Gasteiger partial charge is 0.347 e. The van der Waals surface area contributed by atoms with Crippen molar-refractivity contribution in [1.29, 1.82) is 0 Å². The third-order valence-corrected chi connectivity index (χ3v) is 7.24. The molecule has 0 saturated carbocycles. The minimum atomic E-state index is 0.766. The molecule has 5 heteroatoms. The Morgan fingerprint density at radius 2 is 1.39 bits per heavy atom. The molecule has 0 atom stereocenters. The lowest BCUT2D eigenvalue weighted by molar-refractivity contribution is 1.40. The zero-order valence-corrected chi connectivity index (χ0v) is 21.0. The van der Waals surface area contributed by atoms with Crippen LogP contribution in [0, 0.1) is 6.08 Å². The van der Waals surface area contributed by atoms with E-state index in [2.05, 4.69) is 100 Å². The zero-order valence-electron chi connectivity index (χ0n) is 17.7. The minimum absolute atomic E-state index is 0.766. The van der Waals surface area contributed by atoms with Crippen LogP contribution in [-0.4, -0.2) is 0 Å². The summed E-state index contributed by atoms with van der Waals surface area (Å²) in [4.78, 5) is 0. The standard InChI is InChI=1S/C14H11NS.C8H5BrS.C6H6N/c1-2-7-12(8-3-1)15-14-10-11-6-4-5-9-13(11)16-14;9-8-5-6-3-1-2-4-7(6)10-8;7-6-4-2-1-3-5-6/h1-10,15H;1-5H;1-2,4-5H,7H2/q;;+1. The fourth-order valence-corrected chi connectivity index (χ4v) is 5.60. The van der Waals surface area contributed by atoms with Crippen LogP contribution < -0.4 is 11.1 Å². The molecular formula is C28H22BrN2S2+. The van der Waals surface area contributed by atoms with Crippen molar-refractivity contribution in [3.63, 3.8) is 0 Å². The topological polar surface area (TPSA) is 38.0 Å². The number of para-hydroxylation sites is 1. The highest BCUT2D eigenvalue weighted by molar-refractivity contribution is 9.11. The number of hydrogen-bond acceptors (Lipinski definition) is 4. The van der Waals surface area contributed by atoms with Crippen LogP contribution in [0.1, 0.15) is 0 Å². The Morgan fingerprint density at radius 1 is 0.758 bits per heavy atom. The van der Waals surface area contributed by atoms with Gasteiger partial charge in [0.25, 0.3) is 0 Å². The van der Waals surface area contributed by atoms with Gasteiger partial charge in [-0.05, 0) is 63.1 Å². The third-order valence-electron chi connectivity index (χ3n) is 4.59. The molecule has 0 fully saturated rings. The van der Waals surface area contributed by atoms with Crippen LogP contribution in [0.2, 0.25) is 0 Å². The van der Waals surface area contributed by atoms with Gasteiger partial charge in [-0.25, -0.2) is 0 Å². The van der Waals surface area contributed by atoms with Crippen LogP contribution in [-0.2, 0) is 0 Å². The molecule has 6 rings (SSSR count). The normalized spacial score (nSPS) is 11.6. The van der Waals surface area contributed by atoms with E-state index >= 15 is 0 Å². The van der Waals surface area contributed by atoms with E-state index in [1.165, 1.54) is 29.0 Å². The summed E-state index contributed by atoms with van der Waals surface area (Å²) in [5, 5.41) is 7.22. The lowest BCUT2D eigenvalue weighted by Gasteiger charge is -2.01. The summed E-state index contributed by atoms with van der Waals surface area (Å²) >= 11 is 6.99. The predicted molar refractivity (Wildman–Crippen MR) is 150 cm³/mol. The first kappa shape index (κ1) is 23.0. The molecule has 2 heterocycles. The average Bonchev–Trinajstić information content (AvgIpc) is 3.42. The highest BCUT2D eigenvalue weighted by Crippen LogP contribution is 2.31. The van der Waals surface area contributed by atoms with Crippen LogP contribution in [0.5, 0.6) is 0 Å². The molecule has 0 radical (unpaired) electrons. The fourth-order valence-electron chi connectivity index (χ4n) is 3.06. The number of hydrogen-bond donors (Lipinski definition) is 2. The summed E-state index contributed by atoms with van der Waals surface area (Å²) in [5.41, 5.74) is 7.23. The van der Waals surface area contributed by atoms with E-state index < -0.39 is 0 Å². The second kappa shape index (κ2) is 11.6. The molecule has 0 unspecified atom stereocenters. The monoisotopic (exact) mass is 529 g/mol. The number of halogens is 1. The fraction of sp³-hybridized carbons (Fsp3) is 0. The van der Waals surface area contributed by atoms with Crippen LogP contribution in [0.4, 0.5) is 10.7 Å². The summed E-state index contributed by atoms with van der Waals surface area (Å²) in [5.74, 6) is 0. The Labute approximate surface area is 210 Å². The van der Waals surface area contributed by atoms with E-state index in [0.717, 1.165) is 11.4 Å². The van der Waals surface area contributed by atoms with Gasteiger partial charge in [-0.15, -0.1) is 22.7 Å². The molecule has 0 spiro atoms. The van der Waals surface area contributed by atoms with Gasteiger partial charge in [0.1, 0.15) is 17.8 Å². The van der Waals surface area contributed by atoms with Crippen LogP contribution in [0.25, 0.3) is 20.2 Å². The van der Waals surface area contributed by atoms with Gasteiger partial charge in [0.05, 0.1) is 14.9 Å². The molecule has 2 aromatic heterocycles. The summed E-state index contributed by atoms with van der Waals surface area (Å²) in [6, 6.07) is 31.4. The van der Waals surface area contributed by atoms with Crippen molar-refractivity contribution in [3.8, 4) is 0 Å². The minimum Gasteiger partial charge on any atom is -0.347 e. The summed E-state index contributed by atoms with van der Waals surface area (Å²) in [6.07, 6.45) is 10.1. The zero-order chi connectivity index (χ0) is 22.9. The maximum atomic E-state index is 5.33. The molecule has 3 N–H and O–H groups in total. The summed E-state index contributed by atoms with van der Waals surface area (Å²) < 4.78 is 3.86. The molecule has 162 valence electrons. The lowest BCUT2D eigenvalue weighted by Crippen LogP contribution is -1.92. The number of rotatable bonds is 2. The van der Waals surface area contributed by atoms with Crippen molar-refractivity contribution in [1.82, 2.24) is 0 Å². The van der Waals surface area contributed by atoms with E-state index in [9.17, 15) is 0 Å². The molecule has 2 nitrogen and oxygen atoms in total. The average molecular weight is 531 g/mol. The first-order valence-electron chi connectivity index (χ1n) is 10.3. The van der Waals surface area contributed by atoms with Crippen molar-refractivity contribution in [2.45, 2.75) is 0 Å². The number of thiophene rings is 2. The van der Waals surface area contributed by atoms with Gasteiger partial charge in [-0.2, -0.15) is 0 Å². The van der Waals surface area contributed by atoms with Crippen molar-refractivity contribution >= 4 is 69.5 Å². The van der Waals surface area contributed by atoms with Crippen molar-refractivity contribution in [3.05, 3.63) is 131 Å². The van der Waals surface area contributed by atoms with Gasteiger partial charge in [-0.3, -0.25) is 0 Å². The Balaban J connectivity index is 0.000000130. The van der Waals surface area contributed by atoms with E-state index in [0.29, 0.717) is 0 Å². The molecule has 33 heavy (non-hydrogen) atoms. The number of benzene rings is 3. The molecule has 3 aromatic carbocycles. The van der Waals surface area contributed by atoms with Crippen molar-refractivity contribution in [2.75, 3.05) is 5.32 Å². The quantitative estimate of drug-likeness (QED) is 0.224. The van der Waals surface area contributed by atoms with Gasteiger partial charge in [0.15, 0.2) is 0 Å². The lowest BCUT2D eigenvalue weighted by atomic mass is 10.3. The number of allylic oxidation sites excluding steroid dienone is 5. The molecule has 1 aliphatic carbocycles. The van der Waals surface area contributed by atoms with Crippen molar-refractivity contribution in [2.24, 2.45) is 5.73 Å². The van der Waals surface area contributed by atoms with Gasteiger partial charge in [0.2, 0.25) is 0 Å². The molecule has 5 aromatic rings. The van der Waals surface area contributed by atoms with Crippen LogP contribution in [0.15, 0.2) is 125 Å². The number of nitrogens with two attached hydrogens (primary N) is 1. The van der Waals surface area contributed by atoms with Gasteiger partial charge < -0.3 is 11.1 Å². The maximum absolute atomic E-state index is 5.33. The first-order valence-corrected chi connectivity index (χ1v) is 12.8. The van der Waals surface area contributed by atoms with E-state index in [1.54, 1.807) is 28.7 Å². The molecule has 1 aliphatic rings. The third kappa shape index (κ3) is 6.88. The van der Waals surface area contributed by atoms with Gasteiger partial charge >= 0.3 is 0 Å². The Morgan fingerprint density at radius 3 is 1.97 bits per heavy atom. The number of anilines is 2. The van der Waals surface area contributed by atoms with Gasteiger partial charge in [0, 0.05) is 27.2 Å². The van der Waals surface area contributed by atoms with E-state index in [1.807, 2.05) is 36.4 Å². The van der Waals surface area contributed by atoms with Crippen LogP contribution in [0.3, 0.4) is 0 Å². The second-order valence-electron chi connectivity index (χ2n) is 7.06. The molecule has 0 saturated heterocycles. The van der Waals surface area contributed by atoms with Crippen molar-refractivity contribution < 1.29 is 0 Å². The Bertz CT molecular complexity index is 1350. The van der Waals surface area contributed by atoms with E-state index in [-0.39, 0.29) is 0 Å². The molecule has 0 bridgehead atoms. The highest BCUT2D eigenvalue weighted by Gasteiger charge is 2.00. The smallest absolute Gasteiger partial charge is 0.144 e. The maximum Gasteiger partial charge on any atom is 0.144 e. The summed E-state index contributed by atoms with van der Waals surface area (Å²) in [7, 11) is 0. The highest BCUT2D eigenvalue weighted by atomic mass is 79.9. The Kier molecular flexibility index (Phi) is 8.07.